The number of carboxylic acids is 1. The van der Waals surface area contributed by atoms with Gasteiger partial charge in [-0.2, -0.15) is 4.57 Å². The van der Waals surface area contributed by atoms with Crippen LogP contribution < -0.4 is 20.7 Å². The molecular weight excluding hydrogens is 534 g/mol. The van der Waals surface area contributed by atoms with Crippen LogP contribution in [0.25, 0.3) is 5.52 Å². The molecule has 0 aromatic carbocycles. The summed E-state index contributed by atoms with van der Waals surface area (Å²) in [6, 6.07) is 2.70. The first kappa shape index (κ1) is 25.7. The van der Waals surface area contributed by atoms with Gasteiger partial charge in [-0.25, -0.2) is 4.98 Å². The zero-order chi connectivity index (χ0) is 27.1. The number of nitrogens with two attached hydrogens (primary N) is 1. The van der Waals surface area contributed by atoms with Gasteiger partial charge >= 0.3 is 0 Å². The van der Waals surface area contributed by atoms with Crippen molar-refractivity contribution in [1.82, 2.24) is 19.6 Å². The van der Waals surface area contributed by atoms with Gasteiger partial charge in [0.2, 0.25) is 0 Å². The minimum Gasteiger partial charge on any atom is -0.543 e. The van der Waals surface area contributed by atoms with E-state index >= 15 is 0 Å². The monoisotopic (exact) mass is 557 g/mol. The molecule has 0 bridgehead atoms. The van der Waals surface area contributed by atoms with Gasteiger partial charge in [-0.3, -0.25) is 14.5 Å². The molecule has 1 fully saturated rings. The van der Waals surface area contributed by atoms with Crippen LogP contribution in [0.3, 0.4) is 0 Å². The number of oxime groups is 1. The van der Waals surface area contributed by atoms with Crippen molar-refractivity contribution in [1.29, 1.82) is 0 Å². The number of nitrogen functional groups attached to an aromatic ring is 1. The highest BCUT2D eigenvalue weighted by molar-refractivity contribution is 8.00. The molecule has 4 N–H and O–H groups in total. The van der Waals surface area contributed by atoms with Gasteiger partial charge < -0.3 is 35.3 Å². The van der Waals surface area contributed by atoms with Gasteiger partial charge in [0.1, 0.15) is 29.7 Å². The lowest BCUT2D eigenvalue weighted by Crippen LogP contribution is -2.71. The third-order valence-electron chi connectivity index (χ3n) is 6.18. The second-order valence-electron chi connectivity index (χ2n) is 8.62. The zero-order valence-electron chi connectivity index (χ0n) is 20.2. The van der Waals surface area contributed by atoms with Crippen LogP contribution in [0, 0.1) is 0 Å². The molecule has 3 atom stereocenters. The van der Waals surface area contributed by atoms with Crippen LogP contribution >= 0.6 is 23.1 Å². The highest BCUT2D eigenvalue weighted by atomic mass is 32.2. The Kier molecular flexibility index (Phi) is 6.81. The van der Waals surface area contributed by atoms with Gasteiger partial charge in [-0.1, -0.05) is 5.16 Å². The molecule has 5 rings (SSSR count). The number of rotatable bonds is 8. The first-order chi connectivity index (χ1) is 18.2. The summed E-state index contributed by atoms with van der Waals surface area (Å²) in [6.07, 6.45) is 4.73. The number of thioether (sulfide) groups is 1. The highest BCUT2D eigenvalue weighted by Gasteiger charge is 2.53. The van der Waals surface area contributed by atoms with E-state index in [-0.39, 0.29) is 28.8 Å². The molecular formula is C23H23N7O6S2. The number of aliphatic hydroxyl groups is 1. The largest absolute Gasteiger partial charge is 0.543 e. The van der Waals surface area contributed by atoms with Crippen LogP contribution in [0.5, 0.6) is 0 Å². The van der Waals surface area contributed by atoms with Crippen LogP contribution in [-0.2, 0) is 25.8 Å². The van der Waals surface area contributed by atoms with E-state index in [1.165, 1.54) is 24.3 Å². The number of nitrogens with zero attached hydrogens (tertiary/aromatic N) is 5. The topological polar surface area (TPSA) is 179 Å². The van der Waals surface area contributed by atoms with E-state index in [9.17, 15) is 24.6 Å². The second kappa shape index (κ2) is 10.1. The molecule has 38 heavy (non-hydrogen) atoms. The van der Waals surface area contributed by atoms with E-state index in [0.29, 0.717) is 11.3 Å². The van der Waals surface area contributed by atoms with Crippen LogP contribution in [0.15, 0.2) is 52.5 Å². The summed E-state index contributed by atoms with van der Waals surface area (Å²) in [6.45, 7) is 1.89. The van der Waals surface area contributed by atoms with Gasteiger partial charge in [-0.15, -0.1) is 23.1 Å². The molecule has 2 aliphatic heterocycles. The number of aliphatic carboxylic acids is 1. The molecule has 0 aliphatic carbocycles. The normalized spacial score (nSPS) is 20.2. The lowest BCUT2D eigenvalue weighted by molar-refractivity contribution is -0.688. The van der Waals surface area contributed by atoms with Crippen molar-refractivity contribution in [3.63, 3.8) is 0 Å². The Morgan fingerprint density at radius 1 is 1.45 bits per heavy atom. The molecule has 0 spiro atoms. The van der Waals surface area contributed by atoms with Crippen molar-refractivity contribution >= 4 is 57.2 Å². The Balaban J connectivity index is 1.35. The molecule has 5 heterocycles. The molecule has 13 nitrogen and oxygen atoms in total. The van der Waals surface area contributed by atoms with Crippen LogP contribution in [0.2, 0.25) is 0 Å². The number of β-lactam (4-membered cyclic amide) rings is 1. The average Bonchev–Trinajstić information content (AvgIpc) is 3.51. The quantitative estimate of drug-likeness (QED) is 0.132. The van der Waals surface area contributed by atoms with Crippen molar-refractivity contribution < 1.29 is 34.0 Å². The minimum absolute atomic E-state index is 0.153. The van der Waals surface area contributed by atoms with E-state index in [4.69, 9.17) is 10.6 Å². The minimum atomic E-state index is -1.47. The molecule has 198 valence electrons. The molecule has 3 aromatic rings. The number of aromatic nitrogens is 3. The zero-order valence-corrected chi connectivity index (χ0v) is 21.9. The number of carboxylic acid groups (broad SMARTS) is 1. The fraction of sp³-hybridized carbons (Fsp3) is 0.304. The maximum Gasteiger partial charge on any atom is 0.276 e. The van der Waals surface area contributed by atoms with Gasteiger partial charge in [0, 0.05) is 16.7 Å². The number of fused-ring (bicyclic) bond motifs is 2. The summed E-state index contributed by atoms with van der Waals surface area (Å²) in [5.41, 5.74) is 7.54. The number of thiazole rings is 1. The van der Waals surface area contributed by atoms with Crippen LogP contribution in [-0.4, -0.2) is 67.2 Å². The summed E-state index contributed by atoms with van der Waals surface area (Å²) in [5, 5.41) is 29.5. The molecule has 15 heteroatoms. The molecule has 3 aromatic heterocycles. The number of aliphatic hydroxyl groups excluding tert-OH is 1. The molecule has 2 aliphatic rings. The van der Waals surface area contributed by atoms with Crippen molar-refractivity contribution in [3.05, 3.63) is 58.8 Å². The van der Waals surface area contributed by atoms with Crippen LogP contribution in [0.4, 0.5) is 5.13 Å². The first-order valence-corrected chi connectivity index (χ1v) is 13.3. The van der Waals surface area contributed by atoms with Crippen LogP contribution in [0.1, 0.15) is 24.4 Å². The summed E-state index contributed by atoms with van der Waals surface area (Å²) in [4.78, 5) is 48.0. The SMILES string of the molecule is CO/N=C(\C(=O)N[C@@H]1C(=O)N2C(C(=O)[O-])=C(C[n+]3ccn4c(C(C)O)ccc4c3)CS[C@H]12)c1csc(N)n1. The second-order valence-corrected chi connectivity index (χ2v) is 10.6. The van der Waals surface area contributed by atoms with Crippen molar-refractivity contribution in [2.75, 3.05) is 18.6 Å². The first-order valence-electron chi connectivity index (χ1n) is 11.4. The molecule has 1 saturated heterocycles. The predicted octanol–water partition coefficient (Wildman–Crippen LogP) is -1.23. The third kappa shape index (κ3) is 4.48. The maximum atomic E-state index is 13.0. The lowest BCUT2D eigenvalue weighted by Gasteiger charge is -2.50. The van der Waals surface area contributed by atoms with Crippen molar-refractivity contribution in [2.45, 2.75) is 31.0 Å². The Labute approximate surface area is 224 Å². The van der Waals surface area contributed by atoms with Gasteiger partial charge in [-0.05, 0) is 19.1 Å². The average molecular weight is 558 g/mol. The molecule has 1 unspecified atom stereocenters. The fourth-order valence-electron chi connectivity index (χ4n) is 4.48. The molecule has 0 radical (unpaired) electrons. The smallest absolute Gasteiger partial charge is 0.276 e. The van der Waals surface area contributed by atoms with Gasteiger partial charge in [0.05, 0.1) is 29.7 Å². The number of nitrogens with one attached hydrogen (secondary N) is 1. The predicted molar refractivity (Wildman–Crippen MR) is 135 cm³/mol. The fourth-order valence-corrected chi connectivity index (χ4v) is 6.36. The summed E-state index contributed by atoms with van der Waals surface area (Å²) >= 11 is 2.46. The number of carbonyl (C=O) groups excluding carboxylic acids is 3. The van der Waals surface area contributed by atoms with Crippen molar-refractivity contribution in [2.24, 2.45) is 5.16 Å². The number of carbonyl (C=O) groups is 3. The lowest BCUT2D eigenvalue weighted by atomic mass is 10.0. The number of anilines is 1. The Hall–Kier alpha value is -3.95. The van der Waals surface area contributed by atoms with Gasteiger partial charge in [0.15, 0.2) is 29.8 Å². The molecule has 2 amide bonds. The van der Waals surface area contributed by atoms with E-state index in [2.05, 4.69) is 15.5 Å². The van der Waals surface area contributed by atoms with Gasteiger partial charge in [0.25, 0.3) is 11.8 Å². The third-order valence-corrected chi connectivity index (χ3v) is 8.19. The number of hydrogen-bond acceptors (Lipinski definition) is 11. The Morgan fingerprint density at radius 3 is 2.89 bits per heavy atom. The Bertz CT molecular complexity index is 1510. The van der Waals surface area contributed by atoms with E-state index < -0.39 is 35.3 Å². The standard InChI is InChI=1S/C23H23N7O6S2/c1-11(31)15-4-3-13-8-28(5-6-29(13)15)7-12-9-37-21-17(20(33)30(21)18(12)22(34)35)26-19(32)16(27-36-2)14-10-38-23(24)25-14/h3-6,8,10-11,17,21,31H,7,9H2,1-2H3,(H3-,24,25,26,32,34,35)/b27-16-/t11?,17-,21-/m1/s1. The highest BCUT2D eigenvalue weighted by Crippen LogP contribution is 2.40. The van der Waals surface area contributed by atoms with E-state index in [1.807, 2.05) is 22.7 Å². The summed E-state index contributed by atoms with van der Waals surface area (Å²) < 4.78 is 3.64. The number of amides is 2. The maximum absolute atomic E-state index is 13.0. The Morgan fingerprint density at radius 2 is 2.24 bits per heavy atom. The van der Waals surface area contributed by atoms with Crippen molar-refractivity contribution in [3.8, 4) is 0 Å². The van der Waals surface area contributed by atoms with E-state index in [0.717, 1.165) is 27.4 Å². The summed E-state index contributed by atoms with van der Waals surface area (Å²) in [7, 11) is 1.27. The molecule has 0 saturated carbocycles. The number of hydrogen-bond donors (Lipinski definition) is 3. The summed E-state index contributed by atoms with van der Waals surface area (Å²) in [5.74, 6) is -2.43. The van der Waals surface area contributed by atoms with E-state index in [1.54, 1.807) is 23.9 Å².